The van der Waals surface area contributed by atoms with Crippen molar-refractivity contribution in [1.29, 1.82) is 0 Å². The van der Waals surface area contributed by atoms with Crippen LogP contribution < -0.4 is 5.73 Å². The third-order valence-electron chi connectivity index (χ3n) is 6.03. The van der Waals surface area contributed by atoms with E-state index < -0.39 is 5.60 Å². The van der Waals surface area contributed by atoms with Gasteiger partial charge in [-0.2, -0.15) is 0 Å². The maximum Gasteiger partial charge on any atom is 0.0860 e. The molecule has 2 bridgehead atoms. The summed E-state index contributed by atoms with van der Waals surface area (Å²) >= 11 is 0. The molecule has 2 saturated carbocycles. The van der Waals surface area contributed by atoms with Crippen molar-refractivity contribution >= 4 is 0 Å². The fourth-order valence-electron chi connectivity index (χ4n) is 5.10. The van der Waals surface area contributed by atoms with Gasteiger partial charge in [0.05, 0.1) is 5.60 Å². The lowest BCUT2D eigenvalue weighted by Crippen LogP contribution is -2.40. The van der Waals surface area contributed by atoms with Crippen LogP contribution in [0.4, 0.5) is 0 Å². The highest BCUT2D eigenvalue weighted by Gasteiger charge is 2.63. The number of fused-ring (bicyclic) bond motifs is 3. The van der Waals surface area contributed by atoms with Crippen molar-refractivity contribution in [1.82, 2.24) is 0 Å². The Morgan fingerprint density at radius 3 is 3.00 bits per heavy atom. The standard InChI is InChI=1S/C17H21NO/c1-10-4-3-5-12-13-6-7-17(19)9-16(13,8-11(17)2)15(18)14(10)12/h3-5,13,15,19H,2,6-9,18H2,1H3/t13-,15-,16-,17-/m0/s1. The zero-order valence-corrected chi connectivity index (χ0v) is 11.4. The first-order valence-corrected chi connectivity index (χ1v) is 7.24. The van der Waals surface area contributed by atoms with Crippen LogP contribution in [0.5, 0.6) is 0 Å². The highest BCUT2D eigenvalue weighted by atomic mass is 16.3. The van der Waals surface area contributed by atoms with Crippen molar-refractivity contribution in [3.8, 4) is 0 Å². The topological polar surface area (TPSA) is 46.2 Å². The van der Waals surface area contributed by atoms with Crippen LogP contribution in [0.1, 0.15) is 54.3 Å². The highest BCUT2D eigenvalue weighted by Crippen LogP contribution is 2.69. The molecule has 4 atom stereocenters. The lowest BCUT2D eigenvalue weighted by Gasteiger charge is -2.41. The summed E-state index contributed by atoms with van der Waals surface area (Å²) in [5.74, 6) is 0.511. The van der Waals surface area contributed by atoms with Gasteiger partial charge in [0, 0.05) is 11.5 Å². The first-order valence-electron chi connectivity index (χ1n) is 7.24. The van der Waals surface area contributed by atoms with Gasteiger partial charge in [-0.15, -0.1) is 0 Å². The molecule has 0 aromatic heterocycles. The van der Waals surface area contributed by atoms with Gasteiger partial charge in [0.2, 0.25) is 0 Å². The fourth-order valence-corrected chi connectivity index (χ4v) is 5.10. The predicted octanol–water partition coefficient (Wildman–Crippen LogP) is 2.95. The molecule has 0 radical (unpaired) electrons. The normalized spacial score (nSPS) is 43.2. The maximum absolute atomic E-state index is 10.7. The Morgan fingerprint density at radius 1 is 1.42 bits per heavy atom. The minimum absolute atomic E-state index is 0.0263. The summed E-state index contributed by atoms with van der Waals surface area (Å²) in [7, 11) is 0. The number of aliphatic hydroxyl groups is 1. The third kappa shape index (κ3) is 1.20. The summed E-state index contributed by atoms with van der Waals surface area (Å²) in [6.45, 7) is 6.29. The van der Waals surface area contributed by atoms with Gasteiger partial charge in [0.25, 0.3) is 0 Å². The molecule has 2 nitrogen and oxygen atoms in total. The number of benzene rings is 1. The number of aryl methyl sites for hydroxylation is 1. The van der Waals surface area contributed by atoms with Crippen LogP contribution in [0.3, 0.4) is 0 Å². The van der Waals surface area contributed by atoms with Crippen LogP contribution in [0.2, 0.25) is 0 Å². The fraction of sp³-hybridized carbons (Fsp3) is 0.529. The second kappa shape index (κ2) is 3.31. The van der Waals surface area contributed by atoms with E-state index in [1.54, 1.807) is 0 Å². The van der Waals surface area contributed by atoms with E-state index in [1.807, 2.05) is 0 Å². The molecule has 0 aliphatic heterocycles. The van der Waals surface area contributed by atoms with Crippen LogP contribution in [0.25, 0.3) is 0 Å². The summed E-state index contributed by atoms with van der Waals surface area (Å²) in [4.78, 5) is 0. The minimum atomic E-state index is -0.649. The van der Waals surface area contributed by atoms with E-state index in [0.717, 1.165) is 31.3 Å². The van der Waals surface area contributed by atoms with Crippen molar-refractivity contribution in [2.24, 2.45) is 11.1 Å². The van der Waals surface area contributed by atoms with Gasteiger partial charge < -0.3 is 10.8 Å². The molecular formula is C17H21NO. The van der Waals surface area contributed by atoms with Crippen LogP contribution in [0.15, 0.2) is 30.4 Å². The van der Waals surface area contributed by atoms with E-state index in [4.69, 9.17) is 5.73 Å². The Bertz CT molecular complexity index is 593. The number of nitrogens with two attached hydrogens (primary N) is 1. The van der Waals surface area contributed by atoms with Crippen molar-refractivity contribution in [3.63, 3.8) is 0 Å². The third-order valence-corrected chi connectivity index (χ3v) is 6.03. The van der Waals surface area contributed by atoms with Gasteiger partial charge in [0.15, 0.2) is 0 Å². The van der Waals surface area contributed by atoms with Gasteiger partial charge in [-0.05, 0) is 60.8 Å². The van der Waals surface area contributed by atoms with Gasteiger partial charge in [-0.1, -0.05) is 24.8 Å². The summed E-state index contributed by atoms with van der Waals surface area (Å²) in [5, 5.41) is 10.7. The van der Waals surface area contributed by atoms with E-state index >= 15 is 0 Å². The Balaban J connectivity index is 1.93. The Morgan fingerprint density at radius 2 is 2.21 bits per heavy atom. The van der Waals surface area contributed by atoms with Gasteiger partial charge >= 0.3 is 0 Å². The quantitative estimate of drug-likeness (QED) is 0.700. The zero-order chi connectivity index (χ0) is 13.4. The molecule has 3 aliphatic carbocycles. The maximum atomic E-state index is 10.7. The van der Waals surface area contributed by atoms with Crippen molar-refractivity contribution in [2.45, 2.75) is 50.2 Å². The Labute approximate surface area is 114 Å². The first-order chi connectivity index (χ1) is 8.98. The Kier molecular flexibility index (Phi) is 2.03. The van der Waals surface area contributed by atoms with Crippen LogP contribution in [0, 0.1) is 12.3 Å². The molecule has 100 valence electrons. The molecule has 1 aromatic rings. The van der Waals surface area contributed by atoms with Crippen molar-refractivity contribution in [2.75, 3.05) is 0 Å². The van der Waals surface area contributed by atoms with Gasteiger partial charge in [0.1, 0.15) is 0 Å². The molecule has 1 aromatic carbocycles. The monoisotopic (exact) mass is 255 g/mol. The average molecular weight is 255 g/mol. The van der Waals surface area contributed by atoms with E-state index in [1.165, 1.54) is 16.7 Å². The van der Waals surface area contributed by atoms with Gasteiger partial charge in [-0.3, -0.25) is 0 Å². The summed E-state index contributed by atoms with van der Waals surface area (Å²) in [6, 6.07) is 6.60. The van der Waals surface area contributed by atoms with Crippen molar-refractivity contribution < 1.29 is 5.11 Å². The number of hydrogen-bond donors (Lipinski definition) is 2. The second-order valence-electron chi connectivity index (χ2n) is 6.87. The highest BCUT2D eigenvalue weighted by molar-refractivity contribution is 5.50. The molecule has 1 spiro atoms. The minimum Gasteiger partial charge on any atom is -0.386 e. The summed E-state index contributed by atoms with van der Waals surface area (Å²) < 4.78 is 0. The van der Waals surface area contributed by atoms with Crippen molar-refractivity contribution in [3.05, 3.63) is 47.0 Å². The molecule has 0 saturated heterocycles. The lowest BCUT2D eigenvalue weighted by molar-refractivity contribution is 0.00676. The first kappa shape index (κ1) is 11.7. The molecule has 0 amide bonds. The molecule has 2 heteroatoms. The van der Waals surface area contributed by atoms with Crippen LogP contribution in [-0.4, -0.2) is 10.7 Å². The summed E-state index contributed by atoms with van der Waals surface area (Å²) in [5.41, 5.74) is 11.1. The molecule has 19 heavy (non-hydrogen) atoms. The number of hydrogen-bond acceptors (Lipinski definition) is 2. The zero-order valence-electron chi connectivity index (χ0n) is 11.4. The largest absolute Gasteiger partial charge is 0.386 e. The molecule has 0 heterocycles. The molecular weight excluding hydrogens is 234 g/mol. The molecule has 3 N–H and O–H groups in total. The molecule has 3 aliphatic rings. The Hall–Kier alpha value is -1.12. The van der Waals surface area contributed by atoms with Crippen LogP contribution >= 0.6 is 0 Å². The molecule has 2 fully saturated rings. The van der Waals surface area contributed by atoms with Gasteiger partial charge in [-0.25, -0.2) is 0 Å². The van der Waals surface area contributed by atoms with E-state index in [2.05, 4.69) is 31.7 Å². The van der Waals surface area contributed by atoms with E-state index in [0.29, 0.717) is 5.92 Å². The smallest absolute Gasteiger partial charge is 0.0860 e. The lowest BCUT2D eigenvalue weighted by atomic mass is 9.65. The van der Waals surface area contributed by atoms with E-state index in [-0.39, 0.29) is 11.5 Å². The SMILES string of the molecule is C=C1C[C@]23C[C@@]1(O)CC[C@H]2c1cccc(C)c1[C@@H]3N. The molecule has 4 rings (SSSR count). The second-order valence-corrected chi connectivity index (χ2v) is 6.87. The van der Waals surface area contributed by atoms with E-state index in [9.17, 15) is 5.11 Å². The number of rotatable bonds is 0. The average Bonchev–Trinajstić information content (AvgIpc) is 2.71. The van der Waals surface area contributed by atoms with Crippen LogP contribution in [-0.2, 0) is 0 Å². The predicted molar refractivity (Wildman–Crippen MR) is 75.8 cm³/mol. The summed E-state index contributed by atoms with van der Waals surface area (Å²) in [6.07, 6.45) is 3.58. The molecule has 0 unspecified atom stereocenters.